The zero-order valence-electron chi connectivity index (χ0n) is 18.8. The number of hydrogen-bond acceptors (Lipinski definition) is 4. The lowest BCUT2D eigenvalue weighted by atomic mass is 10.0. The van der Waals surface area contributed by atoms with Gasteiger partial charge in [0, 0.05) is 23.8 Å². The molecule has 0 spiro atoms. The highest BCUT2D eigenvalue weighted by Gasteiger charge is 2.34. The summed E-state index contributed by atoms with van der Waals surface area (Å²) in [5.41, 5.74) is 3.69. The van der Waals surface area contributed by atoms with E-state index in [1.807, 2.05) is 50.2 Å². The van der Waals surface area contributed by atoms with Gasteiger partial charge in [-0.25, -0.2) is 9.37 Å². The van der Waals surface area contributed by atoms with Crippen molar-refractivity contribution in [3.63, 3.8) is 0 Å². The summed E-state index contributed by atoms with van der Waals surface area (Å²) in [6.07, 6.45) is 4.28. The van der Waals surface area contributed by atoms with E-state index in [1.54, 1.807) is 12.1 Å². The van der Waals surface area contributed by atoms with E-state index in [2.05, 4.69) is 15.3 Å². The van der Waals surface area contributed by atoms with Crippen molar-refractivity contribution in [1.29, 1.82) is 0 Å². The molecule has 1 heterocycles. The van der Waals surface area contributed by atoms with Crippen molar-refractivity contribution in [2.45, 2.75) is 19.9 Å². The lowest BCUT2D eigenvalue weighted by Gasteiger charge is -2.31. The van der Waals surface area contributed by atoms with Crippen LogP contribution < -0.4 is 10.2 Å². The first-order chi connectivity index (χ1) is 16.4. The molecule has 4 rings (SSSR count). The molecule has 0 aliphatic rings. The third-order valence-electron chi connectivity index (χ3n) is 5.32. The molecule has 0 unspecified atom stereocenters. The first-order valence-corrected chi connectivity index (χ1v) is 10.7. The standard InChI is InChI=1S/C27H23FN4O2/c1-18-3-7-20(8-4-18)25(26(33)31-22-11-9-21(28)10-12-22)32(23-13-5-19(2)6-14-23)27(34)24-17-29-15-16-30-24/h3-17,25H,1-2H3,(H,31,33)/t25-/m0/s1. The average molecular weight is 455 g/mol. The molecule has 6 nitrogen and oxygen atoms in total. The van der Waals surface area contributed by atoms with Crippen molar-refractivity contribution in [3.8, 4) is 0 Å². The molecule has 0 radical (unpaired) electrons. The second-order valence-electron chi connectivity index (χ2n) is 7.91. The Kier molecular flexibility index (Phi) is 6.73. The summed E-state index contributed by atoms with van der Waals surface area (Å²) in [5.74, 6) is -1.34. The van der Waals surface area contributed by atoms with Crippen LogP contribution >= 0.6 is 0 Å². The summed E-state index contributed by atoms with van der Waals surface area (Å²) in [6, 6.07) is 19.2. The van der Waals surface area contributed by atoms with E-state index in [1.165, 1.54) is 47.8 Å². The molecule has 34 heavy (non-hydrogen) atoms. The van der Waals surface area contributed by atoms with Crippen molar-refractivity contribution in [2.24, 2.45) is 0 Å². The van der Waals surface area contributed by atoms with E-state index in [4.69, 9.17) is 0 Å². The van der Waals surface area contributed by atoms with E-state index in [0.29, 0.717) is 16.9 Å². The van der Waals surface area contributed by atoms with Gasteiger partial charge < -0.3 is 5.32 Å². The van der Waals surface area contributed by atoms with E-state index < -0.39 is 23.7 Å². The van der Waals surface area contributed by atoms with Crippen LogP contribution in [0.3, 0.4) is 0 Å². The molecule has 2 amide bonds. The summed E-state index contributed by atoms with van der Waals surface area (Å²) in [5, 5.41) is 2.81. The highest BCUT2D eigenvalue weighted by Crippen LogP contribution is 2.31. The van der Waals surface area contributed by atoms with Crippen LogP contribution in [0.15, 0.2) is 91.4 Å². The van der Waals surface area contributed by atoms with Gasteiger partial charge in [-0.2, -0.15) is 0 Å². The number of carbonyl (C=O) groups excluding carboxylic acids is 2. The van der Waals surface area contributed by atoms with Crippen molar-refractivity contribution in [1.82, 2.24) is 9.97 Å². The highest BCUT2D eigenvalue weighted by atomic mass is 19.1. The van der Waals surface area contributed by atoms with Crippen molar-refractivity contribution in [2.75, 3.05) is 10.2 Å². The van der Waals surface area contributed by atoms with E-state index in [0.717, 1.165) is 11.1 Å². The maximum atomic E-state index is 13.7. The highest BCUT2D eigenvalue weighted by molar-refractivity contribution is 6.11. The number of halogens is 1. The van der Waals surface area contributed by atoms with Gasteiger partial charge in [-0.1, -0.05) is 47.5 Å². The topological polar surface area (TPSA) is 75.2 Å². The van der Waals surface area contributed by atoms with Crippen LogP contribution in [0.1, 0.15) is 33.2 Å². The Balaban J connectivity index is 1.83. The maximum absolute atomic E-state index is 13.7. The van der Waals surface area contributed by atoms with Crippen molar-refractivity contribution >= 4 is 23.2 Å². The van der Waals surface area contributed by atoms with Crippen LogP contribution in [0.2, 0.25) is 0 Å². The number of aromatic nitrogens is 2. The van der Waals surface area contributed by atoms with Gasteiger partial charge in [0.15, 0.2) is 0 Å². The van der Waals surface area contributed by atoms with Gasteiger partial charge in [-0.15, -0.1) is 0 Å². The van der Waals surface area contributed by atoms with Gasteiger partial charge in [0.2, 0.25) is 0 Å². The molecule has 0 aliphatic heterocycles. The zero-order valence-corrected chi connectivity index (χ0v) is 18.8. The molecule has 4 aromatic rings. The fraction of sp³-hybridized carbons (Fsp3) is 0.111. The molecule has 1 atom stereocenters. The molecule has 0 saturated heterocycles. The number of aryl methyl sites for hydroxylation is 2. The SMILES string of the molecule is Cc1ccc([C@@H](C(=O)Nc2ccc(F)cc2)N(C(=O)c2cnccn2)c2ccc(C)cc2)cc1. The number of carbonyl (C=O) groups is 2. The Morgan fingerprint density at radius 3 is 2.06 bits per heavy atom. The lowest BCUT2D eigenvalue weighted by molar-refractivity contribution is -0.117. The molecule has 0 saturated carbocycles. The minimum Gasteiger partial charge on any atom is -0.324 e. The van der Waals surface area contributed by atoms with Crippen LogP contribution in [0.4, 0.5) is 15.8 Å². The predicted molar refractivity (Wildman–Crippen MR) is 129 cm³/mol. The average Bonchev–Trinajstić information content (AvgIpc) is 2.85. The number of amides is 2. The largest absolute Gasteiger partial charge is 0.324 e. The van der Waals surface area contributed by atoms with Crippen LogP contribution in [-0.4, -0.2) is 21.8 Å². The van der Waals surface area contributed by atoms with Gasteiger partial charge >= 0.3 is 0 Å². The van der Waals surface area contributed by atoms with Crippen LogP contribution in [-0.2, 0) is 4.79 Å². The number of rotatable bonds is 6. The predicted octanol–water partition coefficient (Wildman–Crippen LogP) is 5.26. The minimum absolute atomic E-state index is 0.106. The Bertz CT molecular complexity index is 1280. The van der Waals surface area contributed by atoms with Crippen molar-refractivity contribution < 1.29 is 14.0 Å². The molecule has 0 bridgehead atoms. The van der Waals surface area contributed by atoms with Gasteiger partial charge in [-0.05, 0) is 55.8 Å². The summed E-state index contributed by atoms with van der Waals surface area (Å²) >= 11 is 0. The summed E-state index contributed by atoms with van der Waals surface area (Å²) < 4.78 is 13.4. The molecule has 1 aromatic heterocycles. The number of nitrogens with zero attached hydrogens (tertiary/aromatic N) is 3. The summed E-state index contributed by atoms with van der Waals surface area (Å²) in [4.78, 5) is 37.0. The summed E-state index contributed by atoms with van der Waals surface area (Å²) in [6.45, 7) is 3.89. The Labute approximate surface area is 197 Å². The lowest BCUT2D eigenvalue weighted by Crippen LogP contribution is -2.42. The van der Waals surface area contributed by atoms with Gasteiger partial charge in [0.1, 0.15) is 17.6 Å². The Morgan fingerprint density at radius 2 is 1.47 bits per heavy atom. The third kappa shape index (κ3) is 5.15. The Hall–Kier alpha value is -4.39. The smallest absolute Gasteiger partial charge is 0.279 e. The van der Waals surface area contributed by atoms with Crippen LogP contribution in [0.25, 0.3) is 0 Å². The Morgan fingerprint density at radius 1 is 0.853 bits per heavy atom. The van der Waals surface area contributed by atoms with Gasteiger partial charge in [0.05, 0.1) is 6.20 Å². The molecule has 170 valence electrons. The van der Waals surface area contributed by atoms with E-state index in [9.17, 15) is 14.0 Å². The monoisotopic (exact) mass is 454 g/mol. The number of hydrogen-bond donors (Lipinski definition) is 1. The molecule has 3 aromatic carbocycles. The minimum atomic E-state index is -1.03. The van der Waals surface area contributed by atoms with Gasteiger partial charge in [-0.3, -0.25) is 19.5 Å². The van der Waals surface area contributed by atoms with Crippen LogP contribution in [0, 0.1) is 19.7 Å². The fourth-order valence-corrected chi connectivity index (χ4v) is 3.53. The molecule has 0 fully saturated rings. The number of nitrogens with one attached hydrogen (secondary N) is 1. The second-order valence-corrected chi connectivity index (χ2v) is 7.91. The first-order valence-electron chi connectivity index (χ1n) is 10.7. The van der Waals surface area contributed by atoms with E-state index in [-0.39, 0.29) is 5.69 Å². The first kappa shape index (κ1) is 22.8. The quantitative estimate of drug-likeness (QED) is 0.431. The molecular weight excluding hydrogens is 431 g/mol. The molecule has 1 N–H and O–H groups in total. The number of anilines is 2. The van der Waals surface area contributed by atoms with E-state index >= 15 is 0 Å². The zero-order chi connectivity index (χ0) is 24.1. The normalized spacial score (nSPS) is 11.5. The molecular formula is C27H23FN4O2. The van der Waals surface area contributed by atoms with Crippen LogP contribution in [0.5, 0.6) is 0 Å². The second kappa shape index (κ2) is 10.0. The number of benzene rings is 3. The molecule has 7 heteroatoms. The maximum Gasteiger partial charge on any atom is 0.279 e. The van der Waals surface area contributed by atoms with Crippen molar-refractivity contribution in [3.05, 3.63) is 120 Å². The summed E-state index contributed by atoms with van der Waals surface area (Å²) in [7, 11) is 0. The van der Waals surface area contributed by atoms with Gasteiger partial charge in [0.25, 0.3) is 11.8 Å². The third-order valence-corrected chi connectivity index (χ3v) is 5.32. The fourth-order valence-electron chi connectivity index (χ4n) is 3.53. The molecule has 0 aliphatic carbocycles.